The zero-order chi connectivity index (χ0) is 8.69. The number of carboxylic acid groups (broad SMARTS) is 1. The molecule has 1 radical (unpaired) electrons. The van der Waals surface area contributed by atoms with Gasteiger partial charge in [-0.3, -0.25) is 4.79 Å². The van der Waals surface area contributed by atoms with Crippen LogP contribution in [-0.2, 0) is 9.53 Å². The summed E-state index contributed by atoms with van der Waals surface area (Å²) in [4.78, 5) is 10.1. The third kappa shape index (κ3) is 7.33. The predicted molar refractivity (Wildman–Crippen MR) is 42.3 cm³/mol. The first-order chi connectivity index (χ1) is 5.16. The van der Waals surface area contributed by atoms with Gasteiger partial charge in [-0.1, -0.05) is 13.3 Å². The second-order valence-electron chi connectivity index (χ2n) is 2.44. The van der Waals surface area contributed by atoms with E-state index in [9.17, 15) is 4.79 Å². The Hall–Kier alpha value is -0.570. The van der Waals surface area contributed by atoms with Crippen molar-refractivity contribution in [2.75, 3.05) is 6.61 Å². The van der Waals surface area contributed by atoms with Crippen molar-refractivity contribution in [3.8, 4) is 0 Å². The molecule has 3 nitrogen and oxygen atoms in total. The summed E-state index contributed by atoms with van der Waals surface area (Å²) in [5.41, 5.74) is 0. The first-order valence-corrected chi connectivity index (χ1v) is 3.83. The summed E-state index contributed by atoms with van der Waals surface area (Å²) < 4.78 is 5.10. The van der Waals surface area contributed by atoms with E-state index in [1.807, 2.05) is 0 Å². The molecule has 0 bridgehead atoms. The Bertz CT molecular complexity index is 112. The monoisotopic (exact) mass is 159 g/mol. The molecular formula is C8H15O3. The Kier molecular flexibility index (Phi) is 5.84. The standard InChI is InChI=1S/C8H15O3/c1-3-4-5-11-7(2)6-8(9)10/h7H,2-6H2,1H3,(H,9,10). The van der Waals surface area contributed by atoms with Crippen LogP contribution in [0.2, 0.25) is 0 Å². The first-order valence-electron chi connectivity index (χ1n) is 3.83. The largest absolute Gasteiger partial charge is 0.481 e. The molecule has 0 aromatic carbocycles. The number of unbranched alkanes of at least 4 members (excludes halogenated alkanes) is 1. The molecule has 0 aliphatic carbocycles. The summed E-state index contributed by atoms with van der Waals surface area (Å²) in [7, 11) is 0. The fourth-order valence-electron chi connectivity index (χ4n) is 0.648. The van der Waals surface area contributed by atoms with Gasteiger partial charge in [-0.2, -0.15) is 0 Å². The van der Waals surface area contributed by atoms with E-state index in [4.69, 9.17) is 9.84 Å². The Balaban J connectivity index is 3.22. The molecule has 11 heavy (non-hydrogen) atoms. The van der Waals surface area contributed by atoms with Gasteiger partial charge in [-0.15, -0.1) is 0 Å². The van der Waals surface area contributed by atoms with Crippen LogP contribution in [-0.4, -0.2) is 23.8 Å². The van der Waals surface area contributed by atoms with Crippen LogP contribution in [0.25, 0.3) is 0 Å². The molecule has 0 spiro atoms. The van der Waals surface area contributed by atoms with Gasteiger partial charge in [0, 0.05) is 6.61 Å². The average molecular weight is 159 g/mol. The first kappa shape index (κ1) is 10.4. The van der Waals surface area contributed by atoms with Crippen molar-refractivity contribution >= 4 is 5.97 Å². The van der Waals surface area contributed by atoms with Crippen molar-refractivity contribution in [2.45, 2.75) is 32.3 Å². The summed E-state index contributed by atoms with van der Waals surface area (Å²) in [5.74, 6) is -0.860. The molecule has 65 valence electrons. The zero-order valence-electron chi connectivity index (χ0n) is 6.88. The number of aliphatic carboxylic acids is 1. The lowest BCUT2D eigenvalue weighted by Gasteiger charge is -2.08. The van der Waals surface area contributed by atoms with Gasteiger partial charge in [0.15, 0.2) is 0 Å². The maximum absolute atomic E-state index is 10.1. The van der Waals surface area contributed by atoms with E-state index in [-0.39, 0.29) is 6.42 Å². The molecule has 0 aromatic rings. The highest BCUT2D eigenvalue weighted by atomic mass is 16.5. The summed E-state index contributed by atoms with van der Waals surface area (Å²) >= 11 is 0. The van der Waals surface area contributed by atoms with Crippen LogP contribution in [0.3, 0.4) is 0 Å². The summed E-state index contributed by atoms with van der Waals surface area (Å²) in [6, 6.07) is 0. The van der Waals surface area contributed by atoms with Gasteiger partial charge < -0.3 is 9.84 Å². The van der Waals surface area contributed by atoms with Gasteiger partial charge >= 0.3 is 5.97 Å². The summed E-state index contributed by atoms with van der Waals surface area (Å²) in [6.07, 6.45) is 1.61. The number of carboxylic acids is 1. The number of ether oxygens (including phenoxy) is 1. The van der Waals surface area contributed by atoms with Gasteiger partial charge in [0.25, 0.3) is 0 Å². The van der Waals surface area contributed by atoms with E-state index >= 15 is 0 Å². The number of hydrogen-bond acceptors (Lipinski definition) is 2. The minimum Gasteiger partial charge on any atom is -0.481 e. The van der Waals surface area contributed by atoms with Crippen molar-refractivity contribution < 1.29 is 14.6 Å². The van der Waals surface area contributed by atoms with Crippen LogP contribution in [0.4, 0.5) is 0 Å². The van der Waals surface area contributed by atoms with Gasteiger partial charge in [-0.05, 0) is 13.3 Å². The number of carbonyl (C=O) groups is 1. The SMILES string of the molecule is [CH2]C(CC(=O)O)OCCCC. The molecule has 0 saturated heterocycles. The fourth-order valence-corrected chi connectivity index (χ4v) is 0.648. The van der Waals surface area contributed by atoms with E-state index in [0.29, 0.717) is 6.61 Å². The highest BCUT2D eigenvalue weighted by Crippen LogP contribution is 1.98. The molecule has 0 heterocycles. The Labute approximate surface area is 67.4 Å². The quantitative estimate of drug-likeness (QED) is 0.597. The molecule has 0 aliphatic heterocycles. The molecule has 0 aliphatic rings. The van der Waals surface area contributed by atoms with Gasteiger partial charge in [0.1, 0.15) is 0 Å². The summed E-state index contributed by atoms with van der Waals surface area (Å²) in [5, 5.41) is 8.32. The van der Waals surface area contributed by atoms with E-state index in [0.717, 1.165) is 12.8 Å². The van der Waals surface area contributed by atoms with Crippen LogP contribution in [0.1, 0.15) is 26.2 Å². The lowest BCUT2D eigenvalue weighted by atomic mass is 10.3. The molecule has 3 heteroatoms. The average Bonchev–Trinajstić information content (AvgIpc) is 1.86. The van der Waals surface area contributed by atoms with E-state index in [1.54, 1.807) is 0 Å². The fraction of sp³-hybridized carbons (Fsp3) is 0.750. The Morgan fingerprint density at radius 2 is 2.36 bits per heavy atom. The second kappa shape index (κ2) is 6.16. The zero-order valence-corrected chi connectivity index (χ0v) is 6.88. The van der Waals surface area contributed by atoms with Crippen LogP contribution in [0.15, 0.2) is 0 Å². The third-order valence-corrected chi connectivity index (χ3v) is 1.25. The lowest BCUT2D eigenvalue weighted by Crippen LogP contribution is -2.14. The third-order valence-electron chi connectivity index (χ3n) is 1.25. The number of hydrogen-bond donors (Lipinski definition) is 1. The van der Waals surface area contributed by atoms with Gasteiger partial charge in [-0.25, -0.2) is 0 Å². The molecule has 1 atom stereocenters. The van der Waals surface area contributed by atoms with E-state index in [2.05, 4.69) is 13.8 Å². The van der Waals surface area contributed by atoms with Crippen molar-refractivity contribution in [3.05, 3.63) is 6.92 Å². The molecule has 0 fully saturated rings. The predicted octanol–water partition coefficient (Wildman–Crippen LogP) is 1.48. The molecule has 0 rings (SSSR count). The minimum absolute atomic E-state index is 0.0102. The number of rotatable bonds is 6. The highest BCUT2D eigenvalue weighted by Gasteiger charge is 2.06. The van der Waals surface area contributed by atoms with Crippen LogP contribution in [0, 0.1) is 6.92 Å². The molecule has 0 saturated carbocycles. The maximum Gasteiger partial charge on any atom is 0.305 e. The second-order valence-corrected chi connectivity index (χ2v) is 2.44. The normalized spacial score (nSPS) is 12.9. The van der Waals surface area contributed by atoms with Crippen LogP contribution in [0.5, 0.6) is 0 Å². The Morgan fingerprint density at radius 1 is 1.73 bits per heavy atom. The van der Waals surface area contributed by atoms with Gasteiger partial charge in [0.05, 0.1) is 12.5 Å². The molecule has 1 N–H and O–H groups in total. The molecule has 0 amide bonds. The molecule has 0 aromatic heterocycles. The minimum atomic E-state index is -0.860. The lowest BCUT2D eigenvalue weighted by molar-refractivity contribution is -0.139. The topological polar surface area (TPSA) is 46.5 Å². The van der Waals surface area contributed by atoms with Crippen molar-refractivity contribution in [1.82, 2.24) is 0 Å². The van der Waals surface area contributed by atoms with Gasteiger partial charge in [0.2, 0.25) is 0 Å². The van der Waals surface area contributed by atoms with Crippen molar-refractivity contribution in [1.29, 1.82) is 0 Å². The summed E-state index contributed by atoms with van der Waals surface area (Å²) in [6.45, 7) is 6.21. The van der Waals surface area contributed by atoms with Crippen LogP contribution >= 0.6 is 0 Å². The maximum atomic E-state index is 10.1. The highest BCUT2D eigenvalue weighted by molar-refractivity contribution is 5.67. The Morgan fingerprint density at radius 3 is 2.82 bits per heavy atom. The molecular weight excluding hydrogens is 144 g/mol. The van der Waals surface area contributed by atoms with Crippen molar-refractivity contribution in [2.24, 2.45) is 0 Å². The smallest absolute Gasteiger partial charge is 0.305 e. The molecule has 1 unspecified atom stereocenters. The van der Waals surface area contributed by atoms with E-state index < -0.39 is 12.1 Å². The van der Waals surface area contributed by atoms with Crippen molar-refractivity contribution in [3.63, 3.8) is 0 Å². The van der Waals surface area contributed by atoms with Crippen LogP contribution < -0.4 is 0 Å². The van der Waals surface area contributed by atoms with E-state index in [1.165, 1.54) is 0 Å².